The van der Waals surface area contributed by atoms with Gasteiger partial charge in [0.15, 0.2) is 0 Å². The molecule has 0 N–H and O–H groups in total. The molecule has 0 bridgehead atoms. The summed E-state index contributed by atoms with van der Waals surface area (Å²) in [5, 5.41) is 0. The van der Waals surface area contributed by atoms with Gasteiger partial charge in [0.05, 0.1) is 24.0 Å². The van der Waals surface area contributed by atoms with Crippen LogP contribution in [0.15, 0.2) is 25.3 Å². The van der Waals surface area contributed by atoms with E-state index < -0.39 is 0 Å². The maximum Gasteiger partial charge on any atom is 0.0897 e. The van der Waals surface area contributed by atoms with Crippen LogP contribution in [0.3, 0.4) is 0 Å². The van der Waals surface area contributed by atoms with Crippen molar-refractivity contribution in [3.63, 3.8) is 0 Å². The van der Waals surface area contributed by atoms with Crippen molar-refractivity contribution in [3.05, 3.63) is 25.3 Å². The lowest BCUT2D eigenvalue weighted by atomic mass is 10.3. The van der Waals surface area contributed by atoms with E-state index in [1.54, 1.807) is 12.2 Å². The van der Waals surface area contributed by atoms with Crippen molar-refractivity contribution in [2.24, 2.45) is 0 Å². The molecule has 64 valence electrons. The smallest absolute Gasteiger partial charge is 0.0897 e. The summed E-state index contributed by atoms with van der Waals surface area (Å²) in [6, 6.07) is 0. The zero-order valence-corrected chi connectivity index (χ0v) is 7.81. The van der Waals surface area contributed by atoms with Crippen LogP contribution in [0.4, 0.5) is 0 Å². The van der Waals surface area contributed by atoms with Gasteiger partial charge in [-0.1, -0.05) is 12.2 Å². The third kappa shape index (κ3) is 4.46. The largest absolute Gasteiger partial charge is 0.364 e. The molecular weight excluding hydrogens is 183 g/mol. The van der Waals surface area contributed by atoms with Crippen LogP contribution in [0, 0.1) is 0 Å². The Labute approximate surface area is 77.6 Å². The minimum atomic E-state index is -0.140. The molecule has 0 aromatic heterocycles. The summed E-state index contributed by atoms with van der Waals surface area (Å²) in [6.07, 6.45) is 3.02. The van der Waals surface area contributed by atoms with E-state index in [9.17, 15) is 0 Å². The molecule has 0 aliphatic carbocycles. The van der Waals surface area contributed by atoms with Crippen molar-refractivity contribution in [2.45, 2.75) is 12.2 Å². The molecule has 3 heteroatoms. The first-order valence-electron chi connectivity index (χ1n) is 3.31. The Hall–Kier alpha value is 0.0200. The van der Waals surface area contributed by atoms with E-state index in [2.05, 4.69) is 13.2 Å². The van der Waals surface area contributed by atoms with Crippen LogP contribution in [0.5, 0.6) is 0 Å². The normalized spacial score (nSPS) is 15.5. The van der Waals surface area contributed by atoms with Gasteiger partial charge in [-0.25, -0.2) is 0 Å². The van der Waals surface area contributed by atoms with Crippen molar-refractivity contribution < 1.29 is 4.74 Å². The molecule has 2 atom stereocenters. The Morgan fingerprint density at radius 3 is 1.64 bits per heavy atom. The van der Waals surface area contributed by atoms with Gasteiger partial charge in [-0.3, -0.25) is 0 Å². The van der Waals surface area contributed by atoms with Crippen LogP contribution in [0.2, 0.25) is 0 Å². The number of hydrogen-bond donors (Lipinski definition) is 0. The van der Waals surface area contributed by atoms with Crippen LogP contribution in [-0.2, 0) is 4.74 Å². The predicted molar refractivity (Wildman–Crippen MR) is 50.5 cm³/mol. The van der Waals surface area contributed by atoms with Crippen molar-refractivity contribution in [2.75, 3.05) is 11.8 Å². The number of alkyl halides is 2. The molecule has 1 nitrogen and oxygen atoms in total. The predicted octanol–water partition coefficient (Wildman–Crippen LogP) is 2.59. The summed E-state index contributed by atoms with van der Waals surface area (Å²) in [4.78, 5) is 0. The first-order chi connectivity index (χ1) is 5.28. The van der Waals surface area contributed by atoms with E-state index in [0.717, 1.165) is 0 Å². The van der Waals surface area contributed by atoms with Crippen LogP contribution >= 0.6 is 23.2 Å². The maximum atomic E-state index is 5.55. The highest BCUT2D eigenvalue weighted by molar-refractivity contribution is 6.18. The van der Waals surface area contributed by atoms with Crippen LogP contribution in [-0.4, -0.2) is 24.0 Å². The third-order valence-electron chi connectivity index (χ3n) is 1.18. The molecule has 0 saturated carbocycles. The van der Waals surface area contributed by atoms with Gasteiger partial charge in [-0.05, 0) is 0 Å². The lowest BCUT2D eigenvalue weighted by molar-refractivity contribution is 0.0674. The van der Waals surface area contributed by atoms with Gasteiger partial charge in [0.1, 0.15) is 0 Å². The second kappa shape index (κ2) is 6.71. The number of ether oxygens (including phenoxy) is 1. The van der Waals surface area contributed by atoms with Gasteiger partial charge in [0.25, 0.3) is 0 Å². The Balaban J connectivity index is 3.76. The van der Waals surface area contributed by atoms with E-state index in [0.29, 0.717) is 11.8 Å². The summed E-state index contributed by atoms with van der Waals surface area (Å²) in [5.41, 5.74) is 0. The lowest BCUT2D eigenvalue weighted by Crippen LogP contribution is -2.21. The van der Waals surface area contributed by atoms with Gasteiger partial charge in [-0.15, -0.1) is 36.4 Å². The van der Waals surface area contributed by atoms with Crippen molar-refractivity contribution in [3.8, 4) is 0 Å². The summed E-state index contributed by atoms with van der Waals surface area (Å²) in [7, 11) is 0. The van der Waals surface area contributed by atoms with Crippen molar-refractivity contribution >= 4 is 23.2 Å². The Bertz CT molecular complexity index is 111. The highest BCUT2D eigenvalue weighted by Crippen LogP contribution is 2.04. The topological polar surface area (TPSA) is 9.23 Å². The zero-order chi connectivity index (χ0) is 8.69. The quantitative estimate of drug-likeness (QED) is 0.467. The average Bonchev–Trinajstić information content (AvgIpc) is 2.07. The maximum absolute atomic E-state index is 5.55. The molecule has 0 aromatic rings. The fourth-order valence-electron chi connectivity index (χ4n) is 0.534. The fourth-order valence-corrected chi connectivity index (χ4v) is 0.932. The van der Waals surface area contributed by atoms with Gasteiger partial charge in [0, 0.05) is 0 Å². The highest BCUT2D eigenvalue weighted by atomic mass is 35.5. The minimum absolute atomic E-state index is 0.140. The average molecular weight is 195 g/mol. The number of hydrogen-bond acceptors (Lipinski definition) is 1. The van der Waals surface area contributed by atoms with Crippen LogP contribution in [0.1, 0.15) is 0 Å². The molecule has 0 fully saturated rings. The molecule has 0 radical (unpaired) electrons. The molecule has 2 unspecified atom stereocenters. The van der Waals surface area contributed by atoms with Gasteiger partial charge < -0.3 is 4.74 Å². The molecule has 0 rings (SSSR count). The van der Waals surface area contributed by atoms with Crippen LogP contribution < -0.4 is 0 Å². The second-order valence-corrected chi connectivity index (χ2v) is 2.61. The summed E-state index contributed by atoms with van der Waals surface area (Å²) >= 11 is 11.1. The van der Waals surface area contributed by atoms with E-state index in [1.807, 2.05) is 0 Å². The lowest BCUT2D eigenvalue weighted by Gasteiger charge is -2.15. The van der Waals surface area contributed by atoms with Crippen LogP contribution in [0.25, 0.3) is 0 Å². The van der Waals surface area contributed by atoms with Crippen molar-refractivity contribution in [1.82, 2.24) is 0 Å². The molecule has 0 heterocycles. The Kier molecular flexibility index (Phi) is 6.73. The minimum Gasteiger partial charge on any atom is -0.364 e. The standard InChI is InChI=1S/C8H12Cl2O/c1-3-7(5-9)11-8(4-2)6-10/h3-4,7-8H,1-2,5-6H2. The zero-order valence-electron chi connectivity index (χ0n) is 6.30. The molecule has 0 aliphatic heterocycles. The SMILES string of the molecule is C=CC(CCl)OC(C=C)CCl. The Morgan fingerprint density at radius 1 is 1.09 bits per heavy atom. The monoisotopic (exact) mass is 194 g/mol. The van der Waals surface area contributed by atoms with Gasteiger partial charge in [-0.2, -0.15) is 0 Å². The first kappa shape index (κ1) is 11.0. The van der Waals surface area contributed by atoms with Gasteiger partial charge in [0.2, 0.25) is 0 Å². The molecule has 11 heavy (non-hydrogen) atoms. The molecule has 0 saturated heterocycles. The highest BCUT2D eigenvalue weighted by Gasteiger charge is 2.08. The molecule has 0 aliphatic rings. The molecular formula is C8H12Cl2O. The molecule has 0 aromatic carbocycles. The number of halogens is 2. The van der Waals surface area contributed by atoms with Crippen molar-refractivity contribution in [1.29, 1.82) is 0 Å². The molecule has 0 spiro atoms. The fraction of sp³-hybridized carbons (Fsp3) is 0.500. The summed E-state index contributed by atoms with van der Waals surface area (Å²) < 4.78 is 5.35. The molecule has 0 amide bonds. The Morgan fingerprint density at radius 2 is 1.45 bits per heavy atom. The third-order valence-corrected chi connectivity index (χ3v) is 1.79. The van der Waals surface area contributed by atoms with E-state index in [1.165, 1.54) is 0 Å². The van der Waals surface area contributed by atoms with E-state index in [-0.39, 0.29) is 12.2 Å². The number of rotatable bonds is 6. The first-order valence-corrected chi connectivity index (χ1v) is 4.37. The second-order valence-electron chi connectivity index (χ2n) is 1.99. The van der Waals surface area contributed by atoms with E-state index in [4.69, 9.17) is 27.9 Å². The van der Waals surface area contributed by atoms with E-state index >= 15 is 0 Å². The summed E-state index contributed by atoms with van der Waals surface area (Å²) in [5.74, 6) is 0.787. The summed E-state index contributed by atoms with van der Waals surface area (Å²) in [6.45, 7) is 7.13. The van der Waals surface area contributed by atoms with Gasteiger partial charge >= 0.3 is 0 Å².